The lowest BCUT2D eigenvalue weighted by atomic mass is 10.0. The molecule has 6 nitrogen and oxygen atoms in total. The van der Waals surface area contributed by atoms with E-state index in [2.05, 4.69) is 5.32 Å². The summed E-state index contributed by atoms with van der Waals surface area (Å²) >= 11 is 0. The molecule has 0 aliphatic carbocycles. The van der Waals surface area contributed by atoms with Gasteiger partial charge in [0.05, 0.1) is 12.6 Å². The summed E-state index contributed by atoms with van der Waals surface area (Å²) in [5.41, 5.74) is 1.94. The number of carbonyl (C=O) groups excluding carboxylic acids is 2. The molecule has 2 aromatic rings. The van der Waals surface area contributed by atoms with Crippen LogP contribution in [0.15, 0.2) is 60.7 Å². The first-order chi connectivity index (χ1) is 13.5. The van der Waals surface area contributed by atoms with Gasteiger partial charge in [-0.2, -0.15) is 0 Å². The average molecular weight is 382 g/mol. The summed E-state index contributed by atoms with van der Waals surface area (Å²) in [6.07, 6.45) is 0.897. The molecule has 2 aromatic carbocycles. The number of hydrogen-bond acceptors (Lipinski definition) is 3. The van der Waals surface area contributed by atoms with Crippen molar-refractivity contribution in [3.8, 4) is 0 Å². The van der Waals surface area contributed by atoms with Crippen molar-refractivity contribution in [2.24, 2.45) is 0 Å². The van der Waals surface area contributed by atoms with Crippen LogP contribution in [0, 0.1) is 0 Å². The minimum Gasteiger partial charge on any atom is -0.481 e. The van der Waals surface area contributed by atoms with Gasteiger partial charge in [0.1, 0.15) is 0 Å². The Hall–Kier alpha value is -3.15. The van der Waals surface area contributed by atoms with E-state index in [1.807, 2.05) is 60.7 Å². The number of hydrogen-bond donors (Lipinski definition) is 2. The van der Waals surface area contributed by atoms with E-state index in [4.69, 9.17) is 5.11 Å². The number of nitrogens with one attached hydrogen (secondary N) is 1. The van der Waals surface area contributed by atoms with Crippen LogP contribution in [-0.4, -0.2) is 40.9 Å². The Labute approximate surface area is 165 Å². The molecule has 0 spiro atoms. The van der Waals surface area contributed by atoms with E-state index in [9.17, 15) is 14.4 Å². The molecular formula is C22H26N2O4. The Balaban J connectivity index is 1.97. The third kappa shape index (κ3) is 7.23. The highest BCUT2D eigenvalue weighted by Gasteiger charge is 2.19. The van der Waals surface area contributed by atoms with Gasteiger partial charge in [-0.15, -0.1) is 0 Å². The number of amides is 2. The van der Waals surface area contributed by atoms with Crippen molar-refractivity contribution in [1.82, 2.24) is 10.2 Å². The van der Waals surface area contributed by atoms with Crippen LogP contribution in [0.25, 0.3) is 0 Å². The topological polar surface area (TPSA) is 86.7 Å². The molecule has 6 heteroatoms. The Bertz CT molecular complexity index is 778. The number of aliphatic carboxylic acids is 1. The summed E-state index contributed by atoms with van der Waals surface area (Å²) in [5.74, 6) is -1.39. The molecule has 2 rings (SSSR count). The molecule has 148 valence electrons. The molecule has 0 fully saturated rings. The Morgan fingerprint density at radius 2 is 1.61 bits per heavy atom. The Kier molecular flexibility index (Phi) is 8.21. The largest absolute Gasteiger partial charge is 0.481 e. The van der Waals surface area contributed by atoms with Crippen LogP contribution in [0.1, 0.15) is 36.9 Å². The highest BCUT2D eigenvalue weighted by Crippen LogP contribution is 2.18. The van der Waals surface area contributed by atoms with Gasteiger partial charge in [0.25, 0.3) is 0 Å². The van der Waals surface area contributed by atoms with Crippen molar-refractivity contribution in [1.29, 1.82) is 0 Å². The van der Waals surface area contributed by atoms with Crippen LogP contribution in [0.3, 0.4) is 0 Å². The zero-order chi connectivity index (χ0) is 20.4. The van der Waals surface area contributed by atoms with E-state index in [0.717, 1.165) is 11.1 Å². The summed E-state index contributed by atoms with van der Waals surface area (Å²) in [6, 6.07) is 18.6. The lowest BCUT2D eigenvalue weighted by Gasteiger charge is -2.23. The molecule has 28 heavy (non-hydrogen) atoms. The monoisotopic (exact) mass is 382 g/mol. The lowest BCUT2D eigenvalue weighted by Crippen LogP contribution is -2.42. The van der Waals surface area contributed by atoms with E-state index in [1.54, 1.807) is 0 Å². The molecule has 2 amide bonds. The molecule has 0 saturated carbocycles. The molecule has 0 aliphatic rings. The van der Waals surface area contributed by atoms with Crippen molar-refractivity contribution in [2.75, 3.05) is 13.1 Å². The van der Waals surface area contributed by atoms with Crippen molar-refractivity contribution in [3.05, 3.63) is 71.8 Å². The molecule has 0 bridgehead atoms. The number of carboxylic acid groups (broad SMARTS) is 1. The van der Waals surface area contributed by atoms with E-state index in [-0.39, 0.29) is 31.2 Å². The Morgan fingerprint density at radius 1 is 1.00 bits per heavy atom. The van der Waals surface area contributed by atoms with Crippen LogP contribution >= 0.6 is 0 Å². The number of carbonyl (C=O) groups is 3. The number of benzene rings is 2. The zero-order valence-corrected chi connectivity index (χ0v) is 16.0. The minimum absolute atomic E-state index is 0.0513. The van der Waals surface area contributed by atoms with Gasteiger partial charge in [0.2, 0.25) is 11.8 Å². The molecule has 0 heterocycles. The summed E-state index contributed by atoms with van der Waals surface area (Å²) < 4.78 is 0. The maximum Gasteiger partial charge on any atom is 0.303 e. The Morgan fingerprint density at radius 3 is 2.18 bits per heavy atom. The minimum atomic E-state index is -0.914. The van der Waals surface area contributed by atoms with Gasteiger partial charge < -0.3 is 15.3 Å². The standard InChI is InChI=1S/C22H26N2O4/c1-17(25)24(15-14-18-8-4-2-5-9-18)16-21(26)23-20(12-13-22(27)28)19-10-6-3-7-11-19/h2-11,20H,12-16H2,1H3,(H,23,26)(H,27,28). The molecule has 1 unspecified atom stereocenters. The third-order valence-corrected chi connectivity index (χ3v) is 4.48. The lowest BCUT2D eigenvalue weighted by molar-refractivity contribution is -0.137. The summed E-state index contributed by atoms with van der Waals surface area (Å²) in [6.45, 7) is 1.83. The SMILES string of the molecule is CC(=O)N(CCc1ccccc1)CC(=O)NC(CCC(=O)O)c1ccccc1. The van der Waals surface area contributed by atoms with Gasteiger partial charge in [-0.05, 0) is 24.0 Å². The molecule has 0 radical (unpaired) electrons. The van der Waals surface area contributed by atoms with Gasteiger partial charge >= 0.3 is 5.97 Å². The second-order valence-electron chi connectivity index (χ2n) is 6.64. The third-order valence-electron chi connectivity index (χ3n) is 4.48. The zero-order valence-electron chi connectivity index (χ0n) is 16.0. The predicted octanol–water partition coefficient (Wildman–Crippen LogP) is 2.80. The second kappa shape index (κ2) is 10.9. The second-order valence-corrected chi connectivity index (χ2v) is 6.64. The smallest absolute Gasteiger partial charge is 0.303 e. The summed E-state index contributed by atoms with van der Waals surface area (Å²) in [5, 5.41) is 11.9. The summed E-state index contributed by atoms with van der Waals surface area (Å²) in [4.78, 5) is 36.9. The van der Waals surface area contributed by atoms with E-state index in [0.29, 0.717) is 13.0 Å². The predicted molar refractivity (Wildman–Crippen MR) is 107 cm³/mol. The number of carboxylic acids is 1. The first-order valence-corrected chi connectivity index (χ1v) is 9.31. The average Bonchev–Trinajstić information content (AvgIpc) is 2.69. The van der Waals surface area contributed by atoms with Crippen molar-refractivity contribution < 1.29 is 19.5 Å². The molecular weight excluding hydrogens is 356 g/mol. The van der Waals surface area contributed by atoms with E-state index in [1.165, 1.54) is 11.8 Å². The fourth-order valence-electron chi connectivity index (χ4n) is 2.95. The van der Waals surface area contributed by atoms with Crippen LogP contribution in [0.2, 0.25) is 0 Å². The number of rotatable bonds is 10. The van der Waals surface area contributed by atoms with Crippen molar-refractivity contribution in [2.45, 2.75) is 32.2 Å². The van der Waals surface area contributed by atoms with Gasteiger partial charge in [0.15, 0.2) is 0 Å². The molecule has 2 N–H and O–H groups in total. The van der Waals surface area contributed by atoms with Crippen LogP contribution in [0.4, 0.5) is 0 Å². The first-order valence-electron chi connectivity index (χ1n) is 9.31. The van der Waals surface area contributed by atoms with Gasteiger partial charge in [-0.25, -0.2) is 0 Å². The van der Waals surface area contributed by atoms with Crippen LogP contribution < -0.4 is 5.32 Å². The number of nitrogens with zero attached hydrogens (tertiary/aromatic N) is 1. The van der Waals surface area contributed by atoms with Gasteiger partial charge in [-0.1, -0.05) is 60.7 Å². The van der Waals surface area contributed by atoms with E-state index < -0.39 is 12.0 Å². The molecule has 0 aliphatic heterocycles. The van der Waals surface area contributed by atoms with Gasteiger partial charge in [0, 0.05) is 19.9 Å². The molecule has 0 saturated heterocycles. The fraction of sp³-hybridized carbons (Fsp3) is 0.318. The van der Waals surface area contributed by atoms with E-state index >= 15 is 0 Å². The van der Waals surface area contributed by atoms with Crippen molar-refractivity contribution >= 4 is 17.8 Å². The van der Waals surface area contributed by atoms with Gasteiger partial charge in [-0.3, -0.25) is 14.4 Å². The molecule has 1 atom stereocenters. The molecule has 0 aromatic heterocycles. The normalized spacial score (nSPS) is 11.5. The highest BCUT2D eigenvalue weighted by atomic mass is 16.4. The maximum atomic E-state index is 12.5. The quantitative estimate of drug-likeness (QED) is 0.662. The maximum absolute atomic E-state index is 12.5. The van der Waals surface area contributed by atoms with Crippen molar-refractivity contribution in [3.63, 3.8) is 0 Å². The van der Waals surface area contributed by atoms with Crippen LogP contribution in [-0.2, 0) is 20.8 Å². The summed E-state index contributed by atoms with van der Waals surface area (Å²) in [7, 11) is 0. The van der Waals surface area contributed by atoms with Crippen LogP contribution in [0.5, 0.6) is 0 Å². The first kappa shape index (κ1) is 21.2. The fourth-order valence-corrected chi connectivity index (χ4v) is 2.95. The highest BCUT2D eigenvalue weighted by molar-refractivity contribution is 5.84.